The first-order valence-corrected chi connectivity index (χ1v) is 12.1. The van der Waals surface area contributed by atoms with Gasteiger partial charge < -0.3 is 10.2 Å². The molecule has 2 aromatic carbocycles. The maximum absolute atomic E-state index is 14.7. The second-order valence-corrected chi connectivity index (χ2v) is 9.24. The Hall–Kier alpha value is -3.25. The van der Waals surface area contributed by atoms with Crippen LogP contribution in [0.25, 0.3) is 10.9 Å². The van der Waals surface area contributed by atoms with Crippen molar-refractivity contribution in [1.82, 2.24) is 15.0 Å². The average Bonchev–Trinajstić information content (AvgIpc) is 2.84. The van der Waals surface area contributed by atoms with Crippen LogP contribution < -0.4 is 10.2 Å². The smallest absolute Gasteiger partial charge is 0.225 e. The number of benzene rings is 2. The van der Waals surface area contributed by atoms with Gasteiger partial charge in [0.15, 0.2) is 0 Å². The van der Waals surface area contributed by atoms with Crippen molar-refractivity contribution >= 4 is 39.8 Å². The Morgan fingerprint density at radius 3 is 2.68 bits per heavy atom. The van der Waals surface area contributed by atoms with Gasteiger partial charge in [0.1, 0.15) is 5.82 Å². The summed E-state index contributed by atoms with van der Waals surface area (Å²) in [4.78, 5) is 16.1. The number of nitrogens with zero attached hydrogens (tertiary/aromatic N) is 4. The highest BCUT2D eigenvalue weighted by atomic mass is 35.5. The minimum Gasteiger partial charge on any atom is -0.355 e. The summed E-state index contributed by atoms with van der Waals surface area (Å²) in [6, 6.07) is 14.7. The summed E-state index contributed by atoms with van der Waals surface area (Å²) < 4.78 is 14.7. The van der Waals surface area contributed by atoms with Crippen molar-refractivity contribution in [3.63, 3.8) is 0 Å². The highest BCUT2D eigenvalue weighted by Gasteiger charge is 2.15. The Kier molecular flexibility index (Phi) is 6.59. The van der Waals surface area contributed by atoms with Crippen molar-refractivity contribution in [1.29, 1.82) is 0 Å². The zero-order valence-corrected chi connectivity index (χ0v) is 19.9. The average molecular weight is 476 g/mol. The molecule has 0 radical (unpaired) electrons. The second kappa shape index (κ2) is 9.94. The van der Waals surface area contributed by atoms with Gasteiger partial charge in [0, 0.05) is 52.5 Å². The van der Waals surface area contributed by atoms with E-state index in [-0.39, 0.29) is 5.82 Å². The summed E-state index contributed by atoms with van der Waals surface area (Å²) in [5.74, 6) is 0.592. The molecule has 5 nitrogen and oxygen atoms in total. The lowest BCUT2D eigenvalue weighted by Crippen LogP contribution is -2.31. The normalized spacial score (nSPS) is 13.9. The van der Waals surface area contributed by atoms with E-state index in [4.69, 9.17) is 16.6 Å². The summed E-state index contributed by atoms with van der Waals surface area (Å²) in [6.45, 7) is 4.00. The first-order valence-electron chi connectivity index (χ1n) is 11.7. The molecule has 1 fully saturated rings. The van der Waals surface area contributed by atoms with E-state index >= 15 is 0 Å². The van der Waals surface area contributed by atoms with E-state index in [2.05, 4.69) is 20.2 Å². The van der Waals surface area contributed by atoms with Crippen LogP contribution in [0, 0.1) is 12.7 Å². The van der Waals surface area contributed by atoms with Crippen LogP contribution in [0.4, 0.5) is 21.7 Å². The molecule has 4 aromatic rings. The molecule has 7 heteroatoms. The number of hydrogen-bond acceptors (Lipinski definition) is 5. The first kappa shape index (κ1) is 22.5. The van der Waals surface area contributed by atoms with Gasteiger partial charge in [-0.25, -0.2) is 14.4 Å². The van der Waals surface area contributed by atoms with E-state index < -0.39 is 0 Å². The summed E-state index contributed by atoms with van der Waals surface area (Å²) in [7, 11) is 0. The number of aryl methyl sites for hydroxylation is 3. The predicted molar refractivity (Wildman–Crippen MR) is 137 cm³/mol. The minimum absolute atomic E-state index is 0.209. The van der Waals surface area contributed by atoms with Gasteiger partial charge in [-0.15, -0.1) is 0 Å². The molecule has 1 aliphatic rings. The molecule has 0 bridgehead atoms. The van der Waals surface area contributed by atoms with Gasteiger partial charge in [-0.1, -0.05) is 11.6 Å². The van der Waals surface area contributed by atoms with Gasteiger partial charge in [-0.2, -0.15) is 0 Å². The van der Waals surface area contributed by atoms with Crippen LogP contribution in [0.3, 0.4) is 0 Å². The standard InChI is InChI=1S/C27H27ClFN5/c1-18-15-21(33-27(31-18)34-13-3-2-4-14-34)7-5-19-16-22(8-10-24(19)29)32-25-11-12-30-26-17-20(28)6-9-23(25)26/h6,8-12,15-17H,2-5,7,13-14H2,1H3,(H,30,32). The van der Waals surface area contributed by atoms with E-state index in [1.807, 2.05) is 43.3 Å². The van der Waals surface area contributed by atoms with Gasteiger partial charge in [-0.3, -0.25) is 4.98 Å². The third-order valence-electron chi connectivity index (χ3n) is 6.21. The van der Waals surface area contributed by atoms with Crippen molar-refractivity contribution in [3.8, 4) is 0 Å². The van der Waals surface area contributed by atoms with Crippen LogP contribution in [0.2, 0.25) is 5.02 Å². The summed E-state index contributed by atoms with van der Waals surface area (Å²) in [5, 5.41) is 5.01. The Balaban J connectivity index is 1.34. The zero-order chi connectivity index (χ0) is 23.5. The molecule has 0 atom stereocenters. The number of pyridine rings is 1. The number of piperidine rings is 1. The fraction of sp³-hybridized carbons (Fsp3) is 0.296. The van der Waals surface area contributed by atoms with Crippen LogP contribution in [-0.4, -0.2) is 28.0 Å². The highest BCUT2D eigenvalue weighted by Crippen LogP contribution is 2.28. The molecule has 174 valence electrons. The molecule has 0 amide bonds. The van der Waals surface area contributed by atoms with Crippen molar-refractivity contribution in [3.05, 3.63) is 82.5 Å². The van der Waals surface area contributed by atoms with Crippen molar-refractivity contribution in [2.45, 2.75) is 39.0 Å². The van der Waals surface area contributed by atoms with Crippen LogP contribution >= 0.6 is 11.6 Å². The molecular weight excluding hydrogens is 449 g/mol. The van der Waals surface area contributed by atoms with Crippen molar-refractivity contribution < 1.29 is 4.39 Å². The molecular formula is C27H27ClFN5. The van der Waals surface area contributed by atoms with Crippen LogP contribution in [0.15, 0.2) is 54.7 Å². The monoisotopic (exact) mass is 475 g/mol. The Bertz CT molecular complexity index is 1320. The number of nitrogens with one attached hydrogen (secondary N) is 1. The second-order valence-electron chi connectivity index (χ2n) is 8.80. The fourth-order valence-corrected chi connectivity index (χ4v) is 4.64. The van der Waals surface area contributed by atoms with E-state index in [1.165, 1.54) is 25.3 Å². The van der Waals surface area contributed by atoms with Gasteiger partial charge in [0.05, 0.1) is 5.52 Å². The van der Waals surface area contributed by atoms with Crippen molar-refractivity contribution in [2.24, 2.45) is 0 Å². The Morgan fingerprint density at radius 2 is 1.82 bits per heavy atom. The number of halogens is 2. The molecule has 34 heavy (non-hydrogen) atoms. The molecule has 0 aliphatic carbocycles. The predicted octanol–water partition coefficient (Wildman–Crippen LogP) is 6.64. The molecule has 0 spiro atoms. The van der Waals surface area contributed by atoms with Gasteiger partial charge >= 0.3 is 0 Å². The maximum Gasteiger partial charge on any atom is 0.225 e. The SMILES string of the molecule is Cc1cc(CCc2cc(Nc3ccnc4cc(Cl)ccc34)ccc2F)nc(N2CCCCC2)n1. The minimum atomic E-state index is -0.209. The molecule has 5 rings (SSSR count). The number of fused-ring (bicyclic) bond motifs is 1. The first-order chi connectivity index (χ1) is 16.5. The largest absolute Gasteiger partial charge is 0.355 e. The summed E-state index contributed by atoms with van der Waals surface area (Å²) in [6.07, 6.45) is 6.57. The van der Waals surface area contributed by atoms with Gasteiger partial charge in [0.25, 0.3) is 0 Å². The number of hydrogen-bond donors (Lipinski definition) is 1. The lowest BCUT2D eigenvalue weighted by atomic mass is 10.1. The van der Waals surface area contributed by atoms with E-state index in [0.29, 0.717) is 23.4 Å². The molecule has 0 unspecified atom stereocenters. The number of rotatable bonds is 6. The fourth-order valence-electron chi connectivity index (χ4n) is 4.47. The zero-order valence-electron chi connectivity index (χ0n) is 19.2. The van der Waals surface area contributed by atoms with E-state index in [1.54, 1.807) is 12.3 Å². The quantitative estimate of drug-likeness (QED) is 0.338. The molecule has 2 aromatic heterocycles. The molecule has 1 aliphatic heterocycles. The Labute approximate surface area is 204 Å². The van der Waals surface area contributed by atoms with Crippen molar-refractivity contribution in [2.75, 3.05) is 23.3 Å². The number of anilines is 3. The highest BCUT2D eigenvalue weighted by molar-refractivity contribution is 6.31. The Morgan fingerprint density at radius 1 is 0.971 bits per heavy atom. The lowest BCUT2D eigenvalue weighted by molar-refractivity contribution is 0.566. The maximum atomic E-state index is 14.7. The molecule has 1 N–H and O–H groups in total. The third kappa shape index (κ3) is 5.12. The topological polar surface area (TPSA) is 53.9 Å². The molecule has 0 saturated carbocycles. The van der Waals surface area contributed by atoms with Crippen LogP contribution in [0.5, 0.6) is 0 Å². The number of aromatic nitrogens is 3. The molecule has 3 heterocycles. The summed E-state index contributed by atoms with van der Waals surface area (Å²) >= 11 is 6.10. The molecule has 1 saturated heterocycles. The lowest BCUT2D eigenvalue weighted by Gasteiger charge is -2.27. The van der Waals surface area contributed by atoms with E-state index in [0.717, 1.165) is 52.7 Å². The van der Waals surface area contributed by atoms with Crippen LogP contribution in [0.1, 0.15) is 36.2 Å². The summed E-state index contributed by atoms with van der Waals surface area (Å²) in [5.41, 5.74) is 5.09. The van der Waals surface area contributed by atoms with Crippen LogP contribution in [-0.2, 0) is 12.8 Å². The third-order valence-corrected chi connectivity index (χ3v) is 6.45. The van der Waals surface area contributed by atoms with Gasteiger partial charge in [-0.05, 0) is 93.1 Å². The van der Waals surface area contributed by atoms with E-state index in [9.17, 15) is 4.39 Å². The van der Waals surface area contributed by atoms with Gasteiger partial charge in [0.2, 0.25) is 5.95 Å².